The summed E-state index contributed by atoms with van der Waals surface area (Å²) in [6, 6.07) is 3.47. The van der Waals surface area contributed by atoms with E-state index >= 15 is 0 Å². The Balaban J connectivity index is 1.51. The first-order chi connectivity index (χ1) is 13.0. The summed E-state index contributed by atoms with van der Waals surface area (Å²) in [4.78, 5) is 38.1. The van der Waals surface area contributed by atoms with E-state index in [2.05, 4.69) is 28.9 Å². The first kappa shape index (κ1) is 19.8. The maximum absolute atomic E-state index is 13.0. The second-order valence-electron chi connectivity index (χ2n) is 7.80. The molecule has 2 saturated heterocycles. The average Bonchev–Trinajstić information content (AvgIpc) is 2.72. The molecule has 2 aliphatic rings. The number of pyridine rings is 1. The number of nitrogens with zero attached hydrogens (tertiary/aromatic N) is 5. The van der Waals surface area contributed by atoms with Crippen molar-refractivity contribution in [2.75, 3.05) is 66.5 Å². The molecule has 0 aromatic carbocycles. The molecule has 0 spiro atoms. The van der Waals surface area contributed by atoms with Gasteiger partial charge in [0.1, 0.15) is 0 Å². The minimum atomic E-state index is -0.0714. The van der Waals surface area contributed by atoms with Crippen LogP contribution in [0.5, 0.6) is 0 Å². The number of hydrogen-bond acceptors (Lipinski definition) is 5. The van der Waals surface area contributed by atoms with E-state index in [1.807, 2.05) is 9.80 Å². The fraction of sp³-hybridized carbons (Fsp3) is 0.650. The molecule has 7 heteroatoms. The molecular weight excluding hydrogens is 342 g/mol. The number of hydrogen-bond donors (Lipinski definition) is 0. The lowest BCUT2D eigenvalue weighted by Gasteiger charge is -2.39. The fourth-order valence-corrected chi connectivity index (χ4v) is 3.83. The molecule has 0 saturated carbocycles. The second kappa shape index (κ2) is 9.28. The van der Waals surface area contributed by atoms with Crippen molar-refractivity contribution in [2.45, 2.75) is 12.8 Å². The highest BCUT2D eigenvalue weighted by Gasteiger charge is 2.32. The molecule has 1 unspecified atom stereocenters. The maximum atomic E-state index is 13.0. The zero-order valence-corrected chi connectivity index (χ0v) is 16.5. The van der Waals surface area contributed by atoms with Crippen molar-refractivity contribution >= 4 is 11.8 Å². The number of carbonyl (C=O) groups is 2. The van der Waals surface area contributed by atoms with E-state index in [1.54, 1.807) is 24.5 Å². The van der Waals surface area contributed by atoms with Gasteiger partial charge in [0.25, 0.3) is 5.91 Å². The molecule has 2 aliphatic heterocycles. The van der Waals surface area contributed by atoms with Gasteiger partial charge >= 0.3 is 0 Å². The van der Waals surface area contributed by atoms with Crippen LogP contribution in [0.25, 0.3) is 0 Å². The van der Waals surface area contributed by atoms with Crippen molar-refractivity contribution in [1.82, 2.24) is 24.6 Å². The SMILES string of the molecule is CN(C)CCN1CCN(C(=O)C2CCCN(C(=O)c3ccncc3)C2)CC1. The number of carbonyl (C=O) groups excluding carboxylic acids is 2. The number of likely N-dealkylation sites (N-methyl/N-ethyl adjacent to an activating group) is 1. The Morgan fingerprint density at radius 2 is 1.78 bits per heavy atom. The summed E-state index contributed by atoms with van der Waals surface area (Å²) in [6.07, 6.45) is 5.03. The van der Waals surface area contributed by atoms with Crippen molar-refractivity contribution in [1.29, 1.82) is 0 Å². The van der Waals surface area contributed by atoms with Crippen LogP contribution in [0, 0.1) is 5.92 Å². The second-order valence-corrected chi connectivity index (χ2v) is 7.80. The summed E-state index contributed by atoms with van der Waals surface area (Å²) in [5, 5.41) is 0. The van der Waals surface area contributed by atoms with Crippen LogP contribution in [-0.2, 0) is 4.79 Å². The summed E-state index contributed by atoms with van der Waals surface area (Å²) in [6.45, 7) is 6.81. The first-order valence-corrected chi connectivity index (χ1v) is 9.90. The molecule has 3 heterocycles. The highest BCUT2D eigenvalue weighted by atomic mass is 16.2. The van der Waals surface area contributed by atoms with E-state index in [0.29, 0.717) is 12.1 Å². The molecule has 2 fully saturated rings. The number of likely N-dealkylation sites (tertiary alicyclic amines) is 1. The van der Waals surface area contributed by atoms with E-state index in [1.165, 1.54) is 0 Å². The van der Waals surface area contributed by atoms with Crippen LogP contribution in [-0.4, -0.2) is 103 Å². The van der Waals surface area contributed by atoms with E-state index in [-0.39, 0.29) is 17.7 Å². The highest BCUT2D eigenvalue weighted by molar-refractivity contribution is 5.94. The molecule has 0 N–H and O–H groups in total. The minimum absolute atomic E-state index is 0.00315. The Kier molecular flexibility index (Phi) is 6.79. The summed E-state index contributed by atoms with van der Waals surface area (Å²) < 4.78 is 0. The van der Waals surface area contributed by atoms with E-state index in [4.69, 9.17) is 0 Å². The molecule has 0 aliphatic carbocycles. The molecule has 1 atom stereocenters. The summed E-state index contributed by atoms with van der Waals surface area (Å²) in [7, 11) is 4.17. The molecule has 2 amide bonds. The highest BCUT2D eigenvalue weighted by Crippen LogP contribution is 2.21. The third-order valence-electron chi connectivity index (χ3n) is 5.53. The Hall–Kier alpha value is -1.99. The van der Waals surface area contributed by atoms with Gasteiger partial charge in [-0.25, -0.2) is 0 Å². The largest absolute Gasteiger partial charge is 0.340 e. The molecule has 148 valence electrons. The Labute approximate surface area is 161 Å². The van der Waals surface area contributed by atoms with Gasteiger partial charge in [-0.05, 0) is 39.1 Å². The molecule has 0 radical (unpaired) electrons. The van der Waals surface area contributed by atoms with Crippen LogP contribution in [0.2, 0.25) is 0 Å². The lowest BCUT2D eigenvalue weighted by molar-refractivity contribution is -0.138. The van der Waals surface area contributed by atoms with Gasteiger partial charge in [0, 0.05) is 70.3 Å². The van der Waals surface area contributed by atoms with Crippen molar-refractivity contribution < 1.29 is 9.59 Å². The molecule has 1 aromatic rings. The van der Waals surface area contributed by atoms with Crippen molar-refractivity contribution in [3.63, 3.8) is 0 Å². The van der Waals surface area contributed by atoms with Crippen LogP contribution in [0.1, 0.15) is 23.2 Å². The van der Waals surface area contributed by atoms with Gasteiger partial charge in [0.2, 0.25) is 5.91 Å². The zero-order valence-electron chi connectivity index (χ0n) is 16.5. The number of piperidine rings is 1. The quantitative estimate of drug-likeness (QED) is 0.758. The van der Waals surface area contributed by atoms with Gasteiger partial charge in [-0.3, -0.25) is 19.5 Å². The van der Waals surface area contributed by atoms with Crippen LogP contribution < -0.4 is 0 Å². The van der Waals surface area contributed by atoms with Crippen LogP contribution >= 0.6 is 0 Å². The lowest BCUT2D eigenvalue weighted by Crippen LogP contribution is -2.53. The molecule has 0 bridgehead atoms. The fourth-order valence-electron chi connectivity index (χ4n) is 3.83. The van der Waals surface area contributed by atoms with Crippen LogP contribution in [0.3, 0.4) is 0 Å². The van der Waals surface area contributed by atoms with Gasteiger partial charge in [-0.2, -0.15) is 0 Å². The molecule has 27 heavy (non-hydrogen) atoms. The maximum Gasteiger partial charge on any atom is 0.253 e. The lowest BCUT2D eigenvalue weighted by atomic mass is 9.95. The van der Waals surface area contributed by atoms with Crippen LogP contribution in [0.4, 0.5) is 0 Å². The molecule has 3 rings (SSSR count). The topological polar surface area (TPSA) is 60.0 Å². The van der Waals surface area contributed by atoms with Gasteiger partial charge in [0.15, 0.2) is 0 Å². The predicted octanol–water partition coefficient (Wildman–Crippen LogP) is 0.640. The van der Waals surface area contributed by atoms with Crippen molar-refractivity contribution in [3.05, 3.63) is 30.1 Å². The average molecular weight is 374 g/mol. The van der Waals surface area contributed by atoms with Gasteiger partial charge in [0.05, 0.1) is 5.92 Å². The van der Waals surface area contributed by atoms with Gasteiger partial charge < -0.3 is 14.7 Å². The standard InChI is InChI=1S/C20H31N5O2/c1-22(2)10-11-23-12-14-24(15-13-23)20(27)18-4-3-9-25(16-18)19(26)17-5-7-21-8-6-17/h5-8,18H,3-4,9-16H2,1-2H3. The molecule has 7 nitrogen and oxygen atoms in total. The summed E-state index contributed by atoms with van der Waals surface area (Å²) in [5.41, 5.74) is 0.646. The van der Waals surface area contributed by atoms with Gasteiger partial charge in [-0.15, -0.1) is 0 Å². The van der Waals surface area contributed by atoms with Crippen LogP contribution in [0.15, 0.2) is 24.5 Å². The third-order valence-corrected chi connectivity index (χ3v) is 5.53. The van der Waals surface area contributed by atoms with E-state index in [0.717, 1.165) is 58.7 Å². The third kappa shape index (κ3) is 5.26. The van der Waals surface area contributed by atoms with E-state index < -0.39 is 0 Å². The Morgan fingerprint density at radius 3 is 2.44 bits per heavy atom. The van der Waals surface area contributed by atoms with Crippen molar-refractivity contribution in [3.8, 4) is 0 Å². The first-order valence-electron chi connectivity index (χ1n) is 9.90. The monoisotopic (exact) mass is 373 g/mol. The zero-order chi connectivity index (χ0) is 19.2. The number of piperazine rings is 1. The predicted molar refractivity (Wildman–Crippen MR) is 104 cm³/mol. The Morgan fingerprint density at radius 1 is 1.07 bits per heavy atom. The molecular formula is C20H31N5O2. The number of amides is 2. The normalized spacial score (nSPS) is 21.5. The number of rotatable bonds is 5. The van der Waals surface area contributed by atoms with Crippen molar-refractivity contribution in [2.24, 2.45) is 5.92 Å². The number of aromatic nitrogens is 1. The molecule has 1 aromatic heterocycles. The Bertz CT molecular complexity index is 629. The minimum Gasteiger partial charge on any atom is -0.340 e. The summed E-state index contributed by atoms with van der Waals surface area (Å²) >= 11 is 0. The van der Waals surface area contributed by atoms with Gasteiger partial charge in [-0.1, -0.05) is 0 Å². The summed E-state index contributed by atoms with van der Waals surface area (Å²) in [5.74, 6) is 0.149. The smallest absolute Gasteiger partial charge is 0.253 e. The van der Waals surface area contributed by atoms with E-state index in [9.17, 15) is 9.59 Å².